The molecule has 0 aromatic heterocycles. The maximum absolute atomic E-state index is 10.5. The maximum atomic E-state index is 10.5. The monoisotopic (exact) mass is 400 g/mol. The summed E-state index contributed by atoms with van der Waals surface area (Å²) >= 11 is 0. The van der Waals surface area contributed by atoms with Gasteiger partial charge in [0.25, 0.3) is 0 Å². The van der Waals surface area contributed by atoms with Gasteiger partial charge in [0.2, 0.25) is 0 Å². The van der Waals surface area contributed by atoms with Gasteiger partial charge in [-0.05, 0) is 78.0 Å². The first-order valence-electron chi connectivity index (χ1n) is 10.8. The molecule has 0 atom stereocenters. The van der Waals surface area contributed by atoms with Gasteiger partial charge >= 0.3 is 6.16 Å². The van der Waals surface area contributed by atoms with E-state index < -0.39 is 6.16 Å². The molecule has 29 heavy (non-hydrogen) atoms. The molecule has 0 aliphatic rings. The van der Waals surface area contributed by atoms with E-state index in [1.54, 1.807) is 0 Å². The molecule has 0 bridgehead atoms. The number of carbonyl (C=O) groups is 1. The molecule has 0 aliphatic carbocycles. The molecule has 2 aromatic carbocycles. The number of aromatic hydroxyl groups is 1. The normalized spacial score (nSPS) is 10.3. The smallest absolute Gasteiger partial charge is 0.503 e. The van der Waals surface area contributed by atoms with E-state index in [-0.39, 0.29) is 0 Å². The Labute approximate surface area is 175 Å². The Kier molecular flexibility index (Phi) is 10.9. The van der Waals surface area contributed by atoms with Gasteiger partial charge in [0, 0.05) is 0 Å². The van der Waals surface area contributed by atoms with E-state index in [1.165, 1.54) is 46.2 Å². The van der Waals surface area contributed by atoms with Crippen LogP contribution in [0.1, 0.15) is 75.6 Å². The van der Waals surface area contributed by atoms with E-state index in [4.69, 9.17) is 15.0 Å². The zero-order valence-electron chi connectivity index (χ0n) is 18.3. The minimum Gasteiger partial charge on any atom is -0.508 e. The second-order valence-electron chi connectivity index (χ2n) is 7.23. The van der Waals surface area contributed by atoms with Crippen molar-refractivity contribution in [2.45, 2.75) is 79.1 Å². The molecule has 0 unspecified atom stereocenters. The fraction of sp³-hybridized carbons (Fsp3) is 0.480. The predicted octanol–water partition coefficient (Wildman–Crippen LogP) is 7.09. The van der Waals surface area contributed by atoms with Crippen molar-refractivity contribution in [3.8, 4) is 16.9 Å². The van der Waals surface area contributed by atoms with Gasteiger partial charge in [-0.25, -0.2) is 4.79 Å². The van der Waals surface area contributed by atoms with Crippen LogP contribution in [0.5, 0.6) is 5.75 Å². The van der Waals surface area contributed by atoms with E-state index in [2.05, 4.69) is 52.0 Å². The SMILES string of the molecule is CCCCc1c(O)ccc(-c2cccc(CC)c2CC)c1CCCC.O=C(O)O. The van der Waals surface area contributed by atoms with E-state index in [0.29, 0.717) is 5.75 Å². The van der Waals surface area contributed by atoms with Crippen LogP contribution in [0.15, 0.2) is 30.3 Å². The molecule has 0 fully saturated rings. The summed E-state index contributed by atoms with van der Waals surface area (Å²) in [4.78, 5) is 8.56. The van der Waals surface area contributed by atoms with Crippen molar-refractivity contribution in [3.05, 3.63) is 52.6 Å². The van der Waals surface area contributed by atoms with Gasteiger partial charge in [0.1, 0.15) is 5.75 Å². The zero-order chi connectivity index (χ0) is 21.8. The van der Waals surface area contributed by atoms with Gasteiger partial charge in [0.05, 0.1) is 0 Å². The molecule has 0 radical (unpaired) electrons. The van der Waals surface area contributed by atoms with Crippen molar-refractivity contribution in [2.75, 3.05) is 0 Å². The van der Waals surface area contributed by atoms with Crippen molar-refractivity contribution < 1.29 is 20.1 Å². The topological polar surface area (TPSA) is 77.8 Å². The summed E-state index contributed by atoms with van der Waals surface area (Å²) in [5.41, 5.74) is 8.17. The van der Waals surface area contributed by atoms with Crippen molar-refractivity contribution in [3.63, 3.8) is 0 Å². The van der Waals surface area contributed by atoms with Crippen LogP contribution >= 0.6 is 0 Å². The highest BCUT2D eigenvalue weighted by Crippen LogP contribution is 2.36. The zero-order valence-corrected chi connectivity index (χ0v) is 18.3. The number of unbranched alkanes of at least 4 members (excludes halogenated alkanes) is 2. The number of phenolic OH excluding ortho intramolecular Hbond substituents is 1. The molecule has 2 rings (SSSR count). The summed E-state index contributed by atoms with van der Waals surface area (Å²) < 4.78 is 0. The first-order valence-corrected chi connectivity index (χ1v) is 10.8. The van der Waals surface area contributed by atoms with Crippen LogP contribution in [0, 0.1) is 0 Å². The molecule has 160 valence electrons. The Hall–Kier alpha value is -2.49. The summed E-state index contributed by atoms with van der Waals surface area (Å²) in [5.74, 6) is 0.480. The Morgan fingerprint density at radius 1 is 0.759 bits per heavy atom. The van der Waals surface area contributed by atoms with Gasteiger partial charge < -0.3 is 15.3 Å². The number of rotatable bonds is 9. The van der Waals surface area contributed by atoms with E-state index in [1.807, 2.05) is 6.07 Å². The minimum absolute atomic E-state index is 0.480. The Bertz CT molecular complexity index is 777. The Morgan fingerprint density at radius 3 is 1.83 bits per heavy atom. The number of aryl methyl sites for hydroxylation is 1. The first kappa shape index (κ1) is 24.5. The number of benzene rings is 2. The maximum Gasteiger partial charge on any atom is 0.503 e. The van der Waals surface area contributed by atoms with E-state index >= 15 is 0 Å². The third kappa shape index (κ3) is 7.12. The van der Waals surface area contributed by atoms with Crippen molar-refractivity contribution >= 4 is 6.16 Å². The van der Waals surface area contributed by atoms with Crippen molar-refractivity contribution in [2.24, 2.45) is 0 Å². The molecular weight excluding hydrogens is 364 g/mol. The number of hydrogen-bond donors (Lipinski definition) is 3. The van der Waals surface area contributed by atoms with Crippen molar-refractivity contribution in [1.82, 2.24) is 0 Å². The van der Waals surface area contributed by atoms with E-state index in [9.17, 15) is 5.11 Å². The average molecular weight is 401 g/mol. The van der Waals surface area contributed by atoms with Crippen LogP contribution in [0.25, 0.3) is 11.1 Å². The standard InChI is InChI=1S/C24H34O.CH2O3/c1-5-9-13-21-22(16-17-24(25)23(21)14-10-6-2)20-15-11-12-18(7-3)19(20)8-4;2-1(3)4/h11-12,15-17,25H,5-10,13-14H2,1-4H3;(H2,2,3,4). The Morgan fingerprint density at radius 2 is 1.31 bits per heavy atom. The lowest BCUT2D eigenvalue weighted by atomic mass is 9.85. The summed E-state index contributed by atoms with van der Waals surface area (Å²) in [7, 11) is 0. The van der Waals surface area contributed by atoms with E-state index in [0.717, 1.165) is 38.5 Å². The summed E-state index contributed by atoms with van der Waals surface area (Å²) in [5, 5.41) is 24.5. The highest BCUT2D eigenvalue weighted by atomic mass is 16.6. The molecule has 3 N–H and O–H groups in total. The van der Waals surface area contributed by atoms with Crippen LogP contribution in [0.2, 0.25) is 0 Å². The summed E-state index contributed by atoms with van der Waals surface area (Å²) in [6.45, 7) is 8.94. The lowest BCUT2D eigenvalue weighted by Gasteiger charge is -2.20. The number of phenols is 1. The molecule has 2 aromatic rings. The highest BCUT2D eigenvalue weighted by Gasteiger charge is 2.16. The third-order valence-electron chi connectivity index (χ3n) is 5.26. The fourth-order valence-corrected chi connectivity index (χ4v) is 3.84. The Balaban J connectivity index is 0.000000960. The van der Waals surface area contributed by atoms with Crippen LogP contribution < -0.4 is 0 Å². The highest BCUT2D eigenvalue weighted by molar-refractivity contribution is 5.74. The van der Waals surface area contributed by atoms with Crippen LogP contribution in [0.4, 0.5) is 4.79 Å². The molecule has 4 nitrogen and oxygen atoms in total. The molecule has 0 amide bonds. The second kappa shape index (κ2) is 12.9. The molecule has 0 heterocycles. The first-order chi connectivity index (χ1) is 13.9. The van der Waals surface area contributed by atoms with Crippen molar-refractivity contribution in [1.29, 1.82) is 0 Å². The molecular formula is C25H36O4. The molecule has 0 aliphatic heterocycles. The summed E-state index contributed by atoms with van der Waals surface area (Å²) in [6.07, 6.45) is 6.96. The summed E-state index contributed by atoms with van der Waals surface area (Å²) in [6, 6.07) is 10.8. The average Bonchev–Trinajstić information content (AvgIpc) is 2.70. The van der Waals surface area contributed by atoms with Gasteiger partial charge in [-0.1, -0.05) is 64.8 Å². The number of carboxylic acid groups (broad SMARTS) is 2. The van der Waals surface area contributed by atoms with Crippen LogP contribution in [0.3, 0.4) is 0 Å². The lowest BCUT2D eigenvalue weighted by Crippen LogP contribution is -2.02. The van der Waals surface area contributed by atoms with Gasteiger partial charge in [-0.3, -0.25) is 0 Å². The van der Waals surface area contributed by atoms with Crippen LogP contribution in [-0.4, -0.2) is 21.5 Å². The van der Waals surface area contributed by atoms with Crippen LogP contribution in [-0.2, 0) is 25.7 Å². The molecule has 0 saturated heterocycles. The lowest BCUT2D eigenvalue weighted by molar-refractivity contribution is 0.137. The predicted molar refractivity (Wildman–Crippen MR) is 120 cm³/mol. The largest absolute Gasteiger partial charge is 0.508 e. The second-order valence-corrected chi connectivity index (χ2v) is 7.23. The molecule has 0 spiro atoms. The minimum atomic E-state index is -1.83. The van der Waals surface area contributed by atoms with Gasteiger partial charge in [-0.2, -0.15) is 0 Å². The molecule has 4 heteroatoms. The quantitative estimate of drug-likeness (QED) is 0.420. The number of hydrogen-bond acceptors (Lipinski definition) is 2. The van der Waals surface area contributed by atoms with Gasteiger partial charge in [0.15, 0.2) is 0 Å². The third-order valence-corrected chi connectivity index (χ3v) is 5.26. The molecule has 0 saturated carbocycles. The fourth-order valence-electron chi connectivity index (χ4n) is 3.84. The van der Waals surface area contributed by atoms with Gasteiger partial charge in [-0.15, -0.1) is 0 Å².